The lowest BCUT2D eigenvalue weighted by atomic mass is 9.90. The number of likely N-dealkylation sites (tertiary alicyclic amines) is 1. The summed E-state index contributed by atoms with van der Waals surface area (Å²) in [6.07, 6.45) is 4.74. The van der Waals surface area contributed by atoms with Gasteiger partial charge in [0.1, 0.15) is 0 Å². The van der Waals surface area contributed by atoms with Crippen LogP contribution in [0, 0.1) is 5.92 Å². The molecule has 1 fully saturated rings. The summed E-state index contributed by atoms with van der Waals surface area (Å²) >= 11 is 0. The second kappa shape index (κ2) is 14.0. The molecule has 184 valence electrons. The van der Waals surface area contributed by atoms with Gasteiger partial charge >= 0.3 is 11.9 Å². The molecule has 1 aliphatic heterocycles. The number of carbonyl (C=O) groups is 3. The third kappa shape index (κ3) is 9.23. The van der Waals surface area contributed by atoms with E-state index >= 15 is 0 Å². The van der Waals surface area contributed by atoms with E-state index in [0.29, 0.717) is 23.7 Å². The number of benzene rings is 2. The molecule has 2 aromatic rings. The summed E-state index contributed by atoms with van der Waals surface area (Å²) in [5, 5.41) is 14.8. The maximum Gasteiger partial charge on any atom is 0.414 e. The van der Waals surface area contributed by atoms with Crippen LogP contribution in [-0.4, -0.2) is 66.2 Å². The molecule has 1 saturated heterocycles. The minimum Gasteiger partial charge on any atom is -0.493 e. The van der Waals surface area contributed by atoms with Crippen molar-refractivity contribution < 1.29 is 34.1 Å². The third-order valence-corrected chi connectivity index (χ3v) is 5.70. The molecule has 0 aliphatic carbocycles. The molecule has 8 nitrogen and oxygen atoms in total. The van der Waals surface area contributed by atoms with Crippen LogP contribution in [0.1, 0.15) is 42.1 Å². The average molecular weight is 472 g/mol. The van der Waals surface area contributed by atoms with Crippen LogP contribution >= 0.6 is 0 Å². The molecular weight excluding hydrogens is 438 g/mol. The number of ether oxygens (including phenoxy) is 2. The Labute approximate surface area is 200 Å². The van der Waals surface area contributed by atoms with Crippen molar-refractivity contribution in [3.8, 4) is 11.5 Å². The Balaban J connectivity index is 0.000000604. The van der Waals surface area contributed by atoms with Crippen LogP contribution in [0.3, 0.4) is 0 Å². The van der Waals surface area contributed by atoms with E-state index in [1.165, 1.54) is 37.9 Å². The normalized spacial score (nSPS) is 13.9. The van der Waals surface area contributed by atoms with Gasteiger partial charge in [-0.25, -0.2) is 9.59 Å². The van der Waals surface area contributed by atoms with Crippen LogP contribution in [0.15, 0.2) is 48.5 Å². The summed E-state index contributed by atoms with van der Waals surface area (Å²) in [6.45, 7) is 5.62. The van der Waals surface area contributed by atoms with Gasteiger partial charge < -0.3 is 24.6 Å². The van der Waals surface area contributed by atoms with Crippen LogP contribution in [0.5, 0.6) is 11.5 Å². The second-order valence-corrected chi connectivity index (χ2v) is 8.21. The SMILES string of the molecule is COc1cc(C(C)=O)ccc1OCCCN1CCC(Cc2ccccc2)CC1.O=C(O)C(=O)O. The molecule has 0 amide bonds. The van der Waals surface area contributed by atoms with Crippen LogP contribution in [0.2, 0.25) is 0 Å². The molecule has 0 saturated carbocycles. The van der Waals surface area contributed by atoms with E-state index in [1.54, 1.807) is 26.2 Å². The molecule has 3 rings (SSSR count). The van der Waals surface area contributed by atoms with E-state index in [0.717, 1.165) is 18.9 Å². The topological polar surface area (TPSA) is 113 Å². The molecular formula is C26H33NO7. The molecule has 0 bridgehead atoms. The van der Waals surface area contributed by atoms with E-state index in [-0.39, 0.29) is 5.78 Å². The number of carboxylic acid groups (broad SMARTS) is 2. The van der Waals surface area contributed by atoms with Crippen LogP contribution < -0.4 is 9.47 Å². The fourth-order valence-electron chi connectivity index (χ4n) is 3.84. The summed E-state index contributed by atoms with van der Waals surface area (Å²) in [6, 6.07) is 16.2. The largest absolute Gasteiger partial charge is 0.493 e. The standard InChI is InChI=1S/C24H31NO3.C2H2O4/c1-19(26)22-9-10-23(24(18-22)27-2)28-16-6-13-25-14-11-21(12-15-25)17-20-7-4-3-5-8-20;3-1(4)2(5)6/h3-5,7-10,18,21H,6,11-17H2,1-2H3;(H,3,4)(H,5,6). The number of carbonyl (C=O) groups excluding carboxylic acids is 1. The van der Waals surface area contributed by atoms with Crippen molar-refractivity contribution in [1.82, 2.24) is 4.90 Å². The number of nitrogens with zero attached hydrogens (tertiary/aromatic N) is 1. The molecule has 34 heavy (non-hydrogen) atoms. The number of piperidine rings is 1. The highest BCUT2D eigenvalue weighted by Gasteiger charge is 2.19. The Hall–Kier alpha value is -3.39. The van der Waals surface area contributed by atoms with E-state index in [1.807, 2.05) is 6.07 Å². The third-order valence-electron chi connectivity index (χ3n) is 5.70. The van der Waals surface area contributed by atoms with Crippen LogP contribution in [0.4, 0.5) is 0 Å². The van der Waals surface area contributed by atoms with Gasteiger partial charge in [0.2, 0.25) is 0 Å². The molecule has 0 radical (unpaired) electrons. The van der Waals surface area contributed by atoms with Gasteiger partial charge in [-0.1, -0.05) is 30.3 Å². The van der Waals surface area contributed by atoms with Crippen LogP contribution in [-0.2, 0) is 16.0 Å². The average Bonchev–Trinajstić information content (AvgIpc) is 2.83. The van der Waals surface area contributed by atoms with Crippen molar-refractivity contribution in [2.75, 3.05) is 33.4 Å². The predicted octanol–water partition coefficient (Wildman–Crippen LogP) is 3.78. The molecule has 0 spiro atoms. The lowest BCUT2D eigenvalue weighted by Crippen LogP contribution is -2.35. The first-order valence-corrected chi connectivity index (χ1v) is 11.3. The summed E-state index contributed by atoms with van der Waals surface area (Å²) in [4.78, 5) is 32.2. The number of aliphatic carboxylic acids is 2. The highest BCUT2D eigenvalue weighted by atomic mass is 16.5. The maximum absolute atomic E-state index is 11.5. The Kier molecular flexibility index (Phi) is 11.1. The van der Waals surface area contributed by atoms with Crippen molar-refractivity contribution in [3.05, 3.63) is 59.7 Å². The Morgan fingerprint density at radius 2 is 1.62 bits per heavy atom. The Morgan fingerprint density at radius 1 is 0.971 bits per heavy atom. The van der Waals surface area contributed by atoms with Crippen molar-refractivity contribution in [3.63, 3.8) is 0 Å². The Bertz CT molecular complexity index is 925. The molecule has 2 aromatic carbocycles. The van der Waals surface area contributed by atoms with Gasteiger partial charge in [-0.2, -0.15) is 0 Å². The number of hydrogen-bond donors (Lipinski definition) is 2. The van der Waals surface area contributed by atoms with Gasteiger partial charge in [-0.3, -0.25) is 4.79 Å². The first kappa shape index (κ1) is 26.9. The van der Waals surface area contributed by atoms with E-state index in [9.17, 15) is 4.79 Å². The zero-order valence-corrected chi connectivity index (χ0v) is 19.7. The second-order valence-electron chi connectivity index (χ2n) is 8.21. The number of hydrogen-bond acceptors (Lipinski definition) is 6. The summed E-state index contributed by atoms with van der Waals surface area (Å²) in [7, 11) is 1.60. The minimum atomic E-state index is -1.82. The quantitative estimate of drug-likeness (QED) is 0.323. The number of rotatable bonds is 9. The van der Waals surface area contributed by atoms with Crippen molar-refractivity contribution in [2.45, 2.75) is 32.6 Å². The van der Waals surface area contributed by atoms with Crippen molar-refractivity contribution in [2.24, 2.45) is 5.92 Å². The number of carboxylic acids is 2. The van der Waals surface area contributed by atoms with Gasteiger partial charge in [-0.15, -0.1) is 0 Å². The maximum atomic E-state index is 11.5. The van der Waals surface area contributed by atoms with Gasteiger partial charge in [0.25, 0.3) is 0 Å². The zero-order valence-electron chi connectivity index (χ0n) is 19.7. The molecule has 2 N–H and O–H groups in total. The molecule has 8 heteroatoms. The fraction of sp³-hybridized carbons (Fsp3) is 0.423. The summed E-state index contributed by atoms with van der Waals surface area (Å²) in [5.74, 6) is -1.49. The van der Waals surface area contributed by atoms with Crippen molar-refractivity contribution in [1.29, 1.82) is 0 Å². The fourth-order valence-corrected chi connectivity index (χ4v) is 3.84. The molecule has 0 unspecified atom stereocenters. The van der Waals surface area contributed by atoms with Gasteiger partial charge in [0.05, 0.1) is 13.7 Å². The van der Waals surface area contributed by atoms with E-state index in [2.05, 4.69) is 35.2 Å². The Morgan fingerprint density at radius 3 is 2.18 bits per heavy atom. The van der Waals surface area contributed by atoms with Gasteiger partial charge in [0.15, 0.2) is 17.3 Å². The van der Waals surface area contributed by atoms with E-state index < -0.39 is 11.9 Å². The van der Waals surface area contributed by atoms with E-state index in [4.69, 9.17) is 29.3 Å². The zero-order chi connectivity index (χ0) is 24.9. The lowest BCUT2D eigenvalue weighted by molar-refractivity contribution is -0.159. The summed E-state index contributed by atoms with van der Waals surface area (Å²) in [5.41, 5.74) is 2.10. The highest BCUT2D eigenvalue weighted by molar-refractivity contribution is 6.27. The summed E-state index contributed by atoms with van der Waals surface area (Å²) < 4.78 is 11.2. The molecule has 1 aliphatic rings. The van der Waals surface area contributed by atoms with Gasteiger partial charge in [0, 0.05) is 12.1 Å². The van der Waals surface area contributed by atoms with Crippen LogP contribution in [0.25, 0.3) is 0 Å². The highest BCUT2D eigenvalue weighted by Crippen LogP contribution is 2.28. The number of ketones is 1. The van der Waals surface area contributed by atoms with Gasteiger partial charge in [-0.05, 0) is 75.4 Å². The minimum absolute atomic E-state index is 0.0283. The smallest absolute Gasteiger partial charge is 0.414 e. The predicted molar refractivity (Wildman–Crippen MR) is 128 cm³/mol. The monoisotopic (exact) mass is 471 g/mol. The number of Topliss-reactive ketones (excluding diaryl/α,β-unsaturated/α-hetero) is 1. The molecule has 0 aromatic heterocycles. The van der Waals surface area contributed by atoms with Crippen molar-refractivity contribution >= 4 is 17.7 Å². The first-order chi connectivity index (χ1) is 16.3. The number of methoxy groups -OCH3 is 1. The lowest BCUT2D eigenvalue weighted by Gasteiger charge is -2.32. The molecule has 1 heterocycles. The first-order valence-electron chi connectivity index (χ1n) is 11.3. The molecule has 0 atom stereocenters.